The highest BCUT2D eigenvalue weighted by molar-refractivity contribution is 7.07. The highest BCUT2D eigenvalue weighted by atomic mass is 32.1. The number of carbonyl (C=O) groups is 1. The fraction of sp³-hybridized carbons (Fsp3) is 0.300. The average Bonchev–Trinajstić information content (AvgIpc) is 3.21. The van der Waals surface area contributed by atoms with Crippen molar-refractivity contribution in [3.8, 4) is 17.2 Å². The van der Waals surface area contributed by atoms with E-state index in [2.05, 4.69) is 11.6 Å². The topological polar surface area (TPSA) is 88.4 Å². The Bertz CT molecular complexity index is 1580. The number of rotatable bonds is 10. The molecule has 1 aliphatic heterocycles. The summed E-state index contributed by atoms with van der Waals surface area (Å²) in [5.74, 6) is 1.32. The SMILES string of the molecule is C=CCOc1ccc(/C=c2/sc3n(c2=O)[C@H](c2ccc(OCC)cc2)C(C(=O)OC(C)C)=C(C)N=3)cc1OC. The number of esters is 1. The number of ether oxygens (including phenoxy) is 4. The van der Waals surface area contributed by atoms with Crippen LogP contribution in [-0.4, -0.2) is 37.0 Å². The van der Waals surface area contributed by atoms with E-state index in [1.807, 2.05) is 37.3 Å². The highest BCUT2D eigenvalue weighted by Gasteiger charge is 2.33. The smallest absolute Gasteiger partial charge is 0.338 e. The molecule has 1 aliphatic rings. The van der Waals surface area contributed by atoms with Crippen molar-refractivity contribution >= 4 is 23.4 Å². The molecule has 0 amide bonds. The summed E-state index contributed by atoms with van der Waals surface area (Å²) in [6.07, 6.45) is 3.11. The van der Waals surface area contributed by atoms with E-state index >= 15 is 0 Å². The summed E-state index contributed by atoms with van der Waals surface area (Å²) in [4.78, 5) is 32.2. The normalized spacial score (nSPS) is 15.0. The van der Waals surface area contributed by atoms with Gasteiger partial charge < -0.3 is 18.9 Å². The largest absolute Gasteiger partial charge is 0.494 e. The number of carbonyl (C=O) groups excluding carboxylic acids is 1. The first-order valence-corrected chi connectivity index (χ1v) is 13.5. The third-order valence-electron chi connectivity index (χ3n) is 5.93. The van der Waals surface area contributed by atoms with Crippen molar-refractivity contribution in [3.05, 3.63) is 97.2 Å². The van der Waals surface area contributed by atoms with Crippen LogP contribution in [0.2, 0.25) is 0 Å². The molecule has 204 valence electrons. The predicted octanol–water partition coefficient (Wildman–Crippen LogP) is 4.16. The lowest BCUT2D eigenvalue weighted by atomic mass is 9.96. The Balaban J connectivity index is 1.86. The van der Waals surface area contributed by atoms with Crippen LogP contribution in [0.25, 0.3) is 6.08 Å². The molecule has 8 nitrogen and oxygen atoms in total. The lowest BCUT2D eigenvalue weighted by molar-refractivity contribution is -0.143. The van der Waals surface area contributed by atoms with E-state index in [0.717, 1.165) is 11.1 Å². The van der Waals surface area contributed by atoms with Gasteiger partial charge in [-0.3, -0.25) is 9.36 Å². The number of hydrogen-bond donors (Lipinski definition) is 0. The van der Waals surface area contributed by atoms with Crippen LogP contribution in [0.1, 0.15) is 44.9 Å². The van der Waals surface area contributed by atoms with E-state index in [-0.39, 0.29) is 11.7 Å². The first-order valence-electron chi connectivity index (χ1n) is 12.6. The number of benzene rings is 2. The van der Waals surface area contributed by atoms with Gasteiger partial charge in [0.2, 0.25) is 0 Å². The Morgan fingerprint density at radius 3 is 2.54 bits per heavy atom. The van der Waals surface area contributed by atoms with Crippen LogP contribution in [0.5, 0.6) is 17.2 Å². The van der Waals surface area contributed by atoms with E-state index in [9.17, 15) is 9.59 Å². The number of nitrogens with zero attached hydrogens (tertiary/aromatic N) is 2. The molecule has 1 atom stereocenters. The first kappa shape index (κ1) is 27.9. The van der Waals surface area contributed by atoms with Crippen LogP contribution >= 0.6 is 11.3 Å². The van der Waals surface area contributed by atoms with Crippen molar-refractivity contribution in [3.63, 3.8) is 0 Å². The number of hydrogen-bond acceptors (Lipinski definition) is 8. The van der Waals surface area contributed by atoms with Crippen molar-refractivity contribution in [2.24, 2.45) is 4.99 Å². The summed E-state index contributed by atoms with van der Waals surface area (Å²) < 4.78 is 24.3. The minimum Gasteiger partial charge on any atom is -0.494 e. The molecule has 9 heteroatoms. The number of aromatic nitrogens is 1. The molecule has 0 radical (unpaired) electrons. The molecule has 0 bridgehead atoms. The van der Waals surface area contributed by atoms with Gasteiger partial charge in [-0.15, -0.1) is 0 Å². The van der Waals surface area contributed by atoms with Crippen LogP contribution in [0.15, 0.2) is 76.2 Å². The molecule has 0 aliphatic carbocycles. The number of thiazole rings is 1. The van der Waals surface area contributed by atoms with Gasteiger partial charge in [-0.1, -0.05) is 42.2 Å². The highest BCUT2D eigenvalue weighted by Crippen LogP contribution is 2.32. The number of methoxy groups -OCH3 is 1. The zero-order valence-corrected chi connectivity index (χ0v) is 23.5. The van der Waals surface area contributed by atoms with Crippen molar-refractivity contribution in [1.29, 1.82) is 0 Å². The quantitative estimate of drug-likeness (QED) is 0.279. The van der Waals surface area contributed by atoms with Gasteiger partial charge in [0.05, 0.1) is 41.7 Å². The van der Waals surface area contributed by atoms with Gasteiger partial charge in [0.25, 0.3) is 5.56 Å². The summed E-state index contributed by atoms with van der Waals surface area (Å²) in [6, 6.07) is 12.1. The molecular weight excluding hydrogens is 516 g/mol. The molecule has 39 heavy (non-hydrogen) atoms. The molecule has 0 fully saturated rings. The number of fused-ring (bicyclic) bond motifs is 1. The van der Waals surface area contributed by atoms with Crippen molar-refractivity contribution in [2.45, 2.75) is 39.8 Å². The summed E-state index contributed by atoms with van der Waals surface area (Å²) in [5, 5.41) is 0. The molecule has 2 heterocycles. The molecule has 0 saturated heterocycles. The maximum Gasteiger partial charge on any atom is 0.338 e. The second-order valence-electron chi connectivity index (χ2n) is 9.05. The van der Waals surface area contributed by atoms with Crippen LogP contribution in [0.3, 0.4) is 0 Å². The third-order valence-corrected chi connectivity index (χ3v) is 6.92. The molecular formula is C30H32N2O6S. The van der Waals surface area contributed by atoms with Gasteiger partial charge >= 0.3 is 5.97 Å². The second kappa shape index (κ2) is 12.2. The fourth-order valence-corrected chi connectivity index (χ4v) is 5.33. The molecule has 0 spiro atoms. The van der Waals surface area contributed by atoms with Gasteiger partial charge in [0, 0.05) is 0 Å². The Morgan fingerprint density at radius 2 is 1.90 bits per heavy atom. The molecule has 0 saturated carbocycles. The van der Waals surface area contributed by atoms with Crippen LogP contribution in [-0.2, 0) is 9.53 Å². The molecule has 1 aromatic heterocycles. The maximum atomic E-state index is 13.8. The summed E-state index contributed by atoms with van der Waals surface area (Å²) in [5.41, 5.74) is 2.10. The van der Waals surface area contributed by atoms with Gasteiger partial charge in [-0.25, -0.2) is 9.79 Å². The molecule has 4 rings (SSSR count). The van der Waals surface area contributed by atoms with Crippen molar-refractivity contribution < 1.29 is 23.7 Å². The zero-order chi connectivity index (χ0) is 28.1. The Labute approximate surface area is 231 Å². The summed E-state index contributed by atoms with van der Waals surface area (Å²) >= 11 is 1.26. The fourth-order valence-electron chi connectivity index (χ4n) is 4.28. The predicted molar refractivity (Wildman–Crippen MR) is 151 cm³/mol. The van der Waals surface area contributed by atoms with E-state index < -0.39 is 12.0 Å². The Hall–Kier alpha value is -4.11. The lowest BCUT2D eigenvalue weighted by Gasteiger charge is -2.25. The minimum atomic E-state index is -0.699. The standard InChI is InChI=1S/C30H32N2O6S/c1-7-15-37-23-14-9-20(16-24(23)35-6)17-25-28(33)32-27(21-10-12-22(13-11-21)36-8-2)26(29(34)38-18(3)4)19(5)31-30(32)39-25/h7,9-14,16-18,27H,1,8,15H2,2-6H3/b25-17+/t27-/m1/s1. The Morgan fingerprint density at radius 1 is 1.15 bits per heavy atom. The molecule has 0 unspecified atom stereocenters. The van der Waals surface area contributed by atoms with Gasteiger partial charge in [0.15, 0.2) is 16.3 Å². The van der Waals surface area contributed by atoms with E-state index in [0.29, 0.717) is 51.1 Å². The third kappa shape index (κ3) is 5.98. The van der Waals surface area contributed by atoms with Crippen LogP contribution in [0, 0.1) is 0 Å². The zero-order valence-electron chi connectivity index (χ0n) is 22.7. The summed E-state index contributed by atoms with van der Waals surface area (Å²) in [7, 11) is 1.56. The molecule has 2 aromatic carbocycles. The van der Waals surface area contributed by atoms with Gasteiger partial charge in [-0.2, -0.15) is 0 Å². The maximum absolute atomic E-state index is 13.8. The van der Waals surface area contributed by atoms with Gasteiger partial charge in [0.1, 0.15) is 12.4 Å². The molecule has 0 N–H and O–H groups in total. The van der Waals surface area contributed by atoms with Crippen molar-refractivity contribution in [2.75, 3.05) is 20.3 Å². The van der Waals surface area contributed by atoms with E-state index in [1.54, 1.807) is 56.7 Å². The van der Waals surface area contributed by atoms with Crippen molar-refractivity contribution in [1.82, 2.24) is 4.57 Å². The van der Waals surface area contributed by atoms with Crippen LogP contribution in [0.4, 0.5) is 0 Å². The Kier molecular flexibility index (Phi) is 8.71. The van der Waals surface area contributed by atoms with E-state index in [1.165, 1.54) is 11.3 Å². The van der Waals surface area contributed by atoms with Gasteiger partial charge in [-0.05, 0) is 69.2 Å². The number of allylic oxidation sites excluding steroid dienone is 1. The first-order chi connectivity index (χ1) is 18.8. The van der Waals surface area contributed by atoms with Crippen LogP contribution < -0.4 is 29.1 Å². The average molecular weight is 549 g/mol. The summed E-state index contributed by atoms with van der Waals surface area (Å²) in [6.45, 7) is 11.8. The van der Waals surface area contributed by atoms with E-state index in [4.69, 9.17) is 18.9 Å². The monoisotopic (exact) mass is 548 g/mol. The minimum absolute atomic E-state index is 0.258. The second-order valence-corrected chi connectivity index (χ2v) is 10.1. The lowest BCUT2D eigenvalue weighted by Crippen LogP contribution is -2.40. The molecule has 3 aromatic rings.